The second kappa shape index (κ2) is 7.00. The van der Waals surface area contributed by atoms with Crippen molar-refractivity contribution in [1.29, 1.82) is 0 Å². The molecule has 0 bridgehead atoms. The van der Waals surface area contributed by atoms with Gasteiger partial charge in [0.25, 0.3) is 0 Å². The van der Waals surface area contributed by atoms with Crippen LogP contribution in [0.1, 0.15) is 20.8 Å². The van der Waals surface area contributed by atoms with Crippen LogP contribution in [0, 0.1) is 0 Å². The molecule has 90 valence electrons. The number of nitrogens with one attached hydrogen (secondary N) is 1. The molecule has 1 rings (SSSR count). The standard InChI is InChI=1S/C11H19N3O2/c1-4-15-10-5-6-12-11(14-10)13-7-8-16-9(2)3/h5-6,9H,4,7-8H2,1-3H3,(H,12,13,14). The van der Waals surface area contributed by atoms with Crippen LogP contribution in [0.25, 0.3) is 0 Å². The smallest absolute Gasteiger partial charge is 0.226 e. The predicted molar refractivity (Wildman–Crippen MR) is 62.8 cm³/mol. The summed E-state index contributed by atoms with van der Waals surface area (Å²) in [5.74, 6) is 1.16. The molecule has 0 saturated heterocycles. The number of nitrogens with zero attached hydrogens (tertiary/aromatic N) is 2. The molecule has 1 heterocycles. The highest BCUT2D eigenvalue weighted by atomic mass is 16.5. The molecule has 0 atom stereocenters. The van der Waals surface area contributed by atoms with Crippen molar-refractivity contribution in [1.82, 2.24) is 9.97 Å². The van der Waals surface area contributed by atoms with Crippen molar-refractivity contribution in [3.05, 3.63) is 12.3 Å². The average molecular weight is 225 g/mol. The summed E-state index contributed by atoms with van der Waals surface area (Å²) in [6.07, 6.45) is 1.92. The molecule has 16 heavy (non-hydrogen) atoms. The molecule has 5 nitrogen and oxygen atoms in total. The van der Waals surface area contributed by atoms with Gasteiger partial charge in [0.15, 0.2) is 0 Å². The largest absolute Gasteiger partial charge is 0.478 e. The first-order chi connectivity index (χ1) is 7.72. The monoisotopic (exact) mass is 225 g/mol. The Labute approximate surface area is 96.2 Å². The Balaban J connectivity index is 2.33. The molecule has 0 saturated carbocycles. The number of rotatable bonds is 7. The molecule has 0 unspecified atom stereocenters. The number of hydrogen-bond acceptors (Lipinski definition) is 5. The van der Waals surface area contributed by atoms with E-state index in [0.717, 1.165) is 0 Å². The van der Waals surface area contributed by atoms with Crippen molar-refractivity contribution >= 4 is 5.95 Å². The quantitative estimate of drug-likeness (QED) is 0.716. The van der Waals surface area contributed by atoms with E-state index >= 15 is 0 Å². The van der Waals surface area contributed by atoms with E-state index < -0.39 is 0 Å². The fourth-order valence-corrected chi connectivity index (χ4v) is 1.11. The summed E-state index contributed by atoms with van der Waals surface area (Å²) in [4.78, 5) is 8.26. The van der Waals surface area contributed by atoms with Crippen LogP contribution < -0.4 is 10.1 Å². The minimum Gasteiger partial charge on any atom is -0.478 e. The van der Waals surface area contributed by atoms with E-state index in [1.165, 1.54) is 0 Å². The van der Waals surface area contributed by atoms with Gasteiger partial charge in [-0.3, -0.25) is 0 Å². The Bertz CT molecular complexity index is 305. The highest BCUT2D eigenvalue weighted by Gasteiger charge is 1.99. The van der Waals surface area contributed by atoms with Crippen molar-refractivity contribution in [2.24, 2.45) is 0 Å². The molecule has 0 spiro atoms. The van der Waals surface area contributed by atoms with Crippen LogP contribution in [0.4, 0.5) is 5.95 Å². The van der Waals surface area contributed by atoms with E-state index in [1.807, 2.05) is 20.8 Å². The van der Waals surface area contributed by atoms with E-state index in [9.17, 15) is 0 Å². The zero-order chi connectivity index (χ0) is 11.8. The van der Waals surface area contributed by atoms with E-state index in [2.05, 4.69) is 15.3 Å². The van der Waals surface area contributed by atoms with Gasteiger partial charge in [-0.1, -0.05) is 0 Å². The lowest BCUT2D eigenvalue weighted by atomic mass is 10.5. The first-order valence-electron chi connectivity index (χ1n) is 5.53. The molecule has 0 aliphatic carbocycles. The Hall–Kier alpha value is -1.36. The van der Waals surface area contributed by atoms with E-state index in [4.69, 9.17) is 9.47 Å². The summed E-state index contributed by atoms with van der Waals surface area (Å²) in [5, 5.41) is 3.07. The van der Waals surface area contributed by atoms with E-state index in [0.29, 0.717) is 31.6 Å². The van der Waals surface area contributed by atoms with Crippen LogP contribution in [-0.2, 0) is 4.74 Å². The second-order valence-electron chi connectivity index (χ2n) is 3.50. The number of anilines is 1. The summed E-state index contributed by atoms with van der Waals surface area (Å²) in [7, 11) is 0. The first-order valence-corrected chi connectivity index (χ1v) is 5.53. The first kappa shape index (κ1) is 12.7. The highest BCUT2D eigenvalue weighted by Crippen LogP contribution is 2.07. The summed E-state index contributed by atoms with van der Waals surface area (Å²) < 4.78 is 10.7. The van der Waals surface area contributed by atoms with Gasteiger partial charge in [-0.05, 0) is 20.8 Å². The van der Waals surface area contributed by atoms with Crippen LogP contribution in [-0.4, -0.2) is 35.8 Å². The third kappa shape index (κ3) is 4.93. The van der Waals surface area contributed by atoms with Crippen LogP contribution in [0.2, 0.25) is 0 Å². The van der Waals surface area contributed by atoms with Crippen LogP contribution in [0.5, 0.6) is 5.88 Å². The average Bonchev–Trinajstić information content (AvgIpc) is 2.25. The number of ether oxygens (including phenoxy) is 2. The third-order valence-corrected chi connectivity index (χ3v) is 1.76. The zero-order valence-electron chi connectivity index (χ0n) is 10.1. The predicted octanol–water partition coefficient (Wildman–Crippen LogP) is 1.71. The van der Waals surface area contributed by atoms with Gasteiger partial charge >= 0.3 is 0 Å². The molecule has 0 aliphatic heterocycles. The normalized spacial score (nSPS) is 10.5. The molecular weight excluding hydrogens is 206 g/mol. The van der Waals surface area contributed by atoms with Gasteiger partial charge in [0.2, 0.25) is 11.8 Å². The lowest BCUT2D eigenvalue weighted by Gasteiger charge is -2.09. The van der Waals surface area contributed by atoms with E-state index in [-0.39, 0.29) is 6.10 Å². The Morgan fingerprint density at radius 1 is 1.44 bits per heavy atom. The van der Waals surface area contributed by atoms with Gasteiger partial charge in [0.05, 0.1) is 19.3 Å². The third-order valence-electron chi connectivity index (χ3n) is 1.76. The fraction of sp³-hybridized carbons (Fsp3) is 0.636. The van der Waals surface area contributed by atoms with Gasteiger partial charge in [-0.25, -0.2) is 4.98 Å². The number of aromatic nitrogens is 2. The molecule has 0 aliphatic rings. The minimum atomic E-state index is 0.248. The van der Waals surface area contributed by atoms with Crippen LogP contribution in [0.15, 0.2) is 12.3 Å². The molecular formula is C11H19N3O2. The maximum absolute atomic E-state index is 5.39. The molecule has 0 radical (unpaired) electrons. The maximum atomic E-state index is 5.39. The summed E-state index contributed by atoms with van der Waals surface area (Å²) in [6, 6.07) is 1.74. The van der Waals surface area contributed by atoms with Crippen molar-refractivity contribution in [2.45, 2.75) is 26.9 Å². The van der Waals surface area contributed by atoms with Crippen LogP contribution >= 0.6 is 0 Å². The summed E-state index contributed by atoms with van der Waals surface area (Å²) in [5.41, 5.74) is 0. The highest BCUT2D eigenvalue weighted by molar-refractivity contribution is 5.27. The molecule has 0 amide bonds. The van der Waals surface area contributed by atoms with Crippen molar-refractivity contribution < 1.29 is 9.47 Å². The van der Waals surface area contributed by atoms with Gasteiger partial charge in [0, 0.05) is 18.8 Å². The van der Waals surface area contributed by atoms with Crippen molar-refractivity contribution in [3.63, 3.8) is 0 Å². The van der Waals surface area contributed by atoms with Crippen LogP contribution in [0.3, 0.4) is 0 Å². The van der Waals surface area contributed by atoms with Gasteiger partial charge in [-0.15, -0.1) is 0 Å². The Morgan fingerprint density at radius 2 is 2.25 bits per heavy atom. The number of hydrogen-bond donors (Lipinski definition) is 1. The van der Waals surface area contributed by atoms with Crippen molar-refractivity contribution in [2.75, 3.05) is 25.1 Å². The lowest BCUT2D eigenvalue weighted by Crippen LogP contribution is -2.14. The maximum Gasteiger partial charge on any atom is 0.226 e. The molecule has 1 aromatic rings. The topological polar surface area (TPSA) is 56.3 Å². The van der Waals surface area contributed by atoms with Crippen molar-refractivity contribution in [3.8, 4) is 5.88 Å². The van der Waals surface area contributed by atoms with Gasteiger partial charge in [-0.2, -0.15) is 4.98 Å². The molecule has 5 heteroatoms. The second-order valence-corrected chi connectivity index (χ2v) is 3.50. The molecule has 1 N–H and O–H groups in total. The molecule has 1 aromatic heterocycles. The Kier molecular flexibility index (Phi) is 5.56. The summed E-state index contributed by atoms with van der Waals surface area (Å²) in [6.45, 7) is 7.87. The lowest BCUT2D eigenvalue weighted by molar-refractivity contribution is 0.0869. The zero-order valence-corrected chi connectivity index (χ0v) is 10.1. The van der Waals surface area contributed by atoms with Gasteiger partial charge in [0.1, 0.15) is 0 Å². The summed E-state index contributed by atoms with van der Waals surface area (Å²) >= 11 is 0. The fourth-order valence-electron chi connectivity index (χ4n) is 1.11. The molecule has 0 aromatic carbocycles. The SMILES string of the molecule is CCOc1ccnc(NCCOC(C)C)n1. The Morgan fingerprint density at radius 3 is 2.94 bits per heavy atom. The van der Waals surface area contributed by atoms with Gasteiger partial charge < -0.3 is 14.8 Å². The van der Waals surface area contributed by atoms with E-state index in [1.54, 1.807) is 12.3 Å². The molecule has 0 fully saturated rings. The minimum absolute atomic E-state index is 0.248.